The van der Waals surface area contributed by atoms with Crippen LogP contribution in [0.2, 0.25) is 0 Å². The number of carbonyl (C=O) groups excluding carboxylic acids is 1. The highest BCUT2D eigenvalue weighted by Crippen LogP contribution is 2.44. The summed E-state index contributed by atoms with van der Waals surface area (Å²) in [4.78, 5) is 12.5. The third-order valence-corrected chi connectivity index (χ3v) is 5.19. The second-order valence-electron chi connectivity index (χ2n) is 6.25. The second-order valence-corrected chi connectivity index (χ2v) is 6.25. The van der Waals surface area contributed by atoms with E-state index >= 15 is 0 Å². The zero-order valence-electron chi connectivity index (χ0n) is 11.2. The van der Waals surface area contributed by atoms with E-state index in [1.165, 1.54) is 25.7 Å². The average molecular weight is 237 g/mol. The molecule has 0 bridgehead atoms. The first kappa shape index (κ1) is 13.1. The van der Waals surface area contributed by atoms with E-state index in [0.29, 0.717) is 17.7 Å². The molecule has 0 aromatic carbocycles. The zero-order chi connectivity index (χ0) is 12.3. The first-order valence-electron chi connectivity index (χ1n) is 7.45. The summed E-state index contributed by atoms with van der Waals surface area (Å²) in [6.45, 7) is 2.19. The fraction of sp³-hybridized carbons (Fsp3) is 0.933. The smallest absolute Gasteiger partial charge is 0.139 e. The molecule has 0 aromatic rings. The Morgan fingerprint density at radius 2 is 1.76 bits per heavy atom. The van der Waals surface area contributed by atoms with E-state index in [1.54, 1.807) is 0 Å². The number of rotatable bonds is 4. The number of carbonyl (C=O) groups is 1. The van der Waals surface area contributed by atoms with Crippen molar-refractivity contribution >= 4 is 5.78 Å². The van der Waals surface area contributed by atoms with Crippen LogP contribution < -0.4 is 5.73 Å². The first-order chi connectivity index (χ1) is 8.16. The van der Waals surface area contributed by atoms with Gasteiger partial charge in [0, 0.05) is 17.9 Å². The van der Waals surface area contributed by atoms with Gasteiger partial charge in [0.05, 0.1) is 0 Å². The van der Waals surface area contributed by atoms with Crippen LogP contribution in [0.5, 0.6) is 0 Å². The molecule has 2 aliphatic carbocycles. The molecule has 2 heteroatoms. The van der Waals surface area contributed by atoms with Crippen molar-refractivity contribution in [1.29, 1.82) is 0 Å². The van der Waals surface area contributed by atoms with Crippen molar-refractivity contribution in [2.24, 2.45) is 17.1 Å². The van der Waals surface area contributed by atoms with E-state index < -0.39 is 0 Å². The molecule has 2 fully saturated rings. The Morgan fingerprint density at radius 1 is 1.18 bits per heavy atom. The highest BCUT2D eigenvalue weighted by molar-refractivity contribution is 5.85. The molecule has 0 atom stereocenters. The fourth-order valence-electron chi connectivity index (χ4n) is 3.75. The first-order valence-corrected chi connectivity index (χ1v) is 7.45. The molecule has 0 unspecified atom stereocenters. The molecular formula is C15H27NO. The minimum Gasteiger partial charge on any atom is -0.328 e. The largest absolute Gasteiger partial charge is 0.328 e. The van der Waals surface area contributed by atoms with Crippen LogP contribution in [0.15, 0.2) is 0 Å². The van der Waals surface area contributed by atoms with Gasteiger partial charge in [-0.15, -0.1) is 0 Å². The molecule has 2 nitrogen and oxygen atoms in total. The van der Waals surface area contributed by atoms with E-state index in [-0.39, 0.29) is 5.41 Å². The quantitative estimate of drug-likeness (QED) is 0.814. The molecule has 2 aliphatic rings. The lowest BCUT2D eigenvalue weighted by atomic mass is 9.73. The number of hydrogen-bond acceptors (Lipinski definition) is 2. The number of nitrogens with two attached hydrogens (primary N) is 1. The third-order valence-electron chi connectivity index (χ3n) is 5.19. The summed E-state index contributed by atoms with van der Waals surface area (Å²) < 4.78 is 0. The van der Waals surface area contributed by atoms with Crippen LogP contribution in [0.3, 0.4) is 0 Å². The van der Waals surface area contributed by atoms with Crippen LogP contribution in [-0.4, -0.2) is 11.8 Å². The Kier molecular flexibility index (Phi) is 4.24. The van der Waals surface area contributed by atoms with Gasteiger partial charge in [-0.25, -0.2) is 0 Å². The standard InChI is InChI=1S/C15H27NO/c1-2-15(9-3-4-10-15)14(17)11-12-5-7-13(16)8-6-12/h12-13H,2-11,16H2,1H3. The van der Waals surface area contributed by atoms with Crippen molar-refractivity contribution in [2.45, 2.75) is 77.2 Å². The molecule has 0 saturated heterocycles. The van der Waals surface area contributed by atoms with E-state index in [2.05, 4.69) is 6.92 Å². The van der Waals surface area contributed by atoms with Gasteiger partial charge in [0.15, 0.2) is 0 Å². The Balaban J connectivity index is 1.87. The van der Waals surface area contributed by atoms with Crippen LogP contribution in [-0.2, 0) is 4.79 Å². The minimum absolute atomic E-state index is 0.0690. The average Bonchev–Trinajstić information content (AvgIpc) is 2.82. The molecule has 2 saturated carbocycles. The summed E-state index contributed by atoms with van der Waals surface area (Å²) in [6.07, 6.45) is 11.3. The molecule has 2 rings (SSSR count). The van der Waals surface area contributed by atoms with Crippen LogP contribution in [0.4, 0.5) is 0 Å². The summed E-state index contributed by atoms with van der Waals surface area (Å²) in [6, 6.07) is 0.396. The van der Waals surface area contributed by atoms with Gasteiger partial charge in [-0.3, -0.25) is 4.79 Å². The van der Waals surface area contributed by atoms with E-state index in [1.807, 2.05) is 0 Å². The second kappa shape index (κ2) is 5.51. The van der Waals surface area contributed by atoms with Gasteiger partial charge in [-0.05, 0) is 50.9 Å². The Labute approximate surface area is 105 Å². The van der Waals surface area contributed by atoms with Crippen LogP contribution in [0.25, 0.3) is 0 Å². The fourth-order valence-corrected chi connectivity index (χ4v) is 3.75. The molecule has 2 N–H and O–H groups in total. The summed E-state index contributed by atoms with van der Waals surface area (Å²) in [5.41, 5.74) is 5.99. The van der Waals surface area contributed by atoms with Gasteiger partial charge in [-0.1, -0.05) is 19.8 Å². The van der Waals surface area contributed by atoms with Gasteiger partial charge in [0.25, 0.3) is 0 Å². The molecular weight excluding hydrogens is 210 g/mol. The normalized spacial score (nSPS) is 32.6. The Bertz CT molecular complexity index is 260. The van der Waals surface area contributed by atoms with Gasteiger partial charge >= 0.3 is 0 Å². The predicted molar refractivity (Wildman–Crippen MR) is 70.7 cm³/mol. The van der Waals surface area contributed by atoms with E-state index in [4.69, 9.17) is 5.73 Å². The van der Waals surface area contributed by atoms with Crippen LogP contribution >= 0.6 is 0 Å². The van der Waals surface area contributed by atoms with Crippen molar-refractivity contribution in [3.63, 3.8) is 0 Å². The Morgan fingerprint density at radius 3 is 2.29 bits per heavy atom. The van der Waals surface area contributed by atoms with Crippen molar-refractivity contribution in [3.8, 4) is 0 Å². The molecule has 98 valence electrons. The number of hydrogen-bond donors (Lipinski definition) is 1. The van der Waals surface area contributed by atoms with Crippen molar-refractivity contribution in [3.05, 3.63) is 0 Å². The van der Waals surface area contributed by atoms with Gasteiger partial charge < -0.3 is 5.73 Å². The summed E-state index contributed by atoms with van der Waals surface area (Å²) >= 11 is 0. The van der Waals surface area contributed by atoms with E-state index in [9.17, 15) is 4.79 Å². The predicted octanol–water partition coefficient (Wildman–Crippen LogP) is 3.43. The lowest BCUT2D eigenvalue weighted by Crippen LogP contribution is -2.32. The SMILES string of the molecule is CCC1(C(=O)CC2CCC(N)CC2)CCCC1. The highest BCUT2D eigenvalue weighted by Gasteiger charge is 2.39. The van der Waals surface area contributed by atoms with E-state index in [0.717, 1.165) is 38.5 Å². The third kappa shape index (κ3) is 2.90. The summed E-state index contributed by atoms with van der Waals surface area (Å²) in [5.74, 6) is 1.20. The topological polar surface area (TPSA) is 43.1 Å². The lowest BCUT2D eigenvalue weighted by Gasteiger charge is -2.31. The van der Waals surface area contributed by atoms with Gasteiger partial charge in [0.2, 0.25) is 0 Å². The number of ketones is 1. The molecule has 0 aromatic heterocycles. The van der Waals surface area contributed by atoms with Crippen LogP contribution in [0.1, 0.15) is 71.1 Å². The van der Waals surface area contributed by atoms with Crippen LogP contribution in [0, 0.1) is 11.3 Å². The monoisotopic (exact) mass is 237 g/mol. The Hall–Kier alpha value is -0.370. The lowest BCUT2D eigenvalue weighted by molar-refractivity contribution is -0.130. The zero-order valence-corrected chi connectivity index (χ0v) is 11.2. The van der Waals surface area contributed by atoms with Gasteiger partial charge in [-0.2, -0.15) is 0 Å². The molecule has 0 spiro atoms. The van der Waals surface area contributed by atoms with Crippen molar-refractivity contribution in [1.82, 2.24) is 0 Å². The summed E-state index contributed by atoms with van der Waals surface area (Å²) in [7, 11) is 0. The molecule has 17 heavy (non-hydrogen) atoms. The maximum atomic E-state index is 12.5. The van der Waals surface area contributed by atoms with Gasteiger partial charge in [0.1, 0.15) is 5.78 Å². The number of Topliss-reactive ketones (excluding diaryl/α,β-unsaturated/α-hetero) is 1. The maximum Gasteiger partial charge on any atom is 0.139 e. The molecule has 0 amide bonds. The molecule has 0 aliphatic heterocycles. The highest BCUT2D eigenvalue weighted by atomic mass is 16.1. The van der Waals surface area contributed by atoms with Crippen molar-refractivity contribution in [2.75, 3.05) is 0 Å². The molecule has 0 radical (unpaired) electrons. The molecule has 0 heterocycles. The maximum absolute atomic E-state index is 12.5. The van der Waals surface area contributed by atoms with Crippen molar-refractivity contribution < 1.29 is 4.79 Å². The summed E-state index contributed by atoms with van der Waals surface area (Å²) in [5, 5.41) is 0. The minimum atomic E-state index is 0.0690.